The van der Waals surface area contributed by atoms with Crippen molar-refractivity contribution in [2.45, 2.75) is 13.8 Å². The van der Waals surface area contributed by atoms with Crippen LogP contribution in [-0.4, -0.2) is 16.9 Å². The molecule has 4 nitrogen and oxygen atoms in total. The van der Waals surface area contributed by atoms with Crippen LogP contribution in [0, 0.1) is 15.5 Å². The highest BCUT2D eigenvalue weighted by atomic mass is 79.9. The molecule has 0 N–H and O–H groups in total. The smallest absolute Gasteiger partial charge is 0.273 e. The molecule has 1 aromatic rings. The van der Waals surface area contributed by atoms with Crippen molar-refractivity contribution >= 4 is 33.2 Å². The van der Waals surface area contributed by atoms with Crippen LogP contribution in [0.25, 0.3) is 0 Å². The number of nitro groups is 1. The molecule has 0 aliphatic rings. The number of nitro benzene ring substituents is 1. The molecule has 0 saturated heterocycles. The molecule has 0 atom stereocenters. The number of benzene rings is 1. The second kappa shape index (κ2) is 5.69. The zero-order valence-corrected chi connectivity index (χ0v) is 11.9. The number of nitrogens with zero attached hydrogens (tertiary/aromatic N) is 1. The molecule has 0 aromatic heterocycles. The van der Waals surface area contributed by atoms with Gasteiger partial charge >= 0.3 is 0 Å². The molecule has 1 rings (SSSR count). The maximum atomic E-state index is 10.6. The van der Waals surface area contributed by atoms with Gasteiger partial charge in [0.05, 0.1) is 22.6 Å². The van der Waals surface area contributed by atoms with Gasteiger partial charge in [-0.15, -0.1) is 0 Å². The number of ether oxygens (including phenoxy) is 1. The Hall–Kier alpha value is -0.810. The molecule has 0 aliphatic carbocycles. The summed E-state index contributed by atoms with van der Waals surface area (Å²) in [6.45, 7) is 4.47. The number of halogens is 2. The first-order chi connectivity index (χ1) is 7.85. The molecule has 0 radical (unpaired) electrons. The van der Waals surface area contributed by atoms with Gasteiger partial charge in [0.15, 0.2) is 0 Å². The topological polar surface area (TPSA) is 52.4 Å². The molecule has 0 amide bonds. The molecule has 1 aromatic carbocycles. The van der Waals surface area contributed by atoms with E-state index in [4.69, 9.17) is 16.3 Å². The van der Waals surface area contributed by atoms with Crippen LogP contribution in [0.2, 0.25) is 5.02 Å². The van der Waals surface area contributed by atoms with Crippen LogP contribution >= 0.6 is 27.5 Å². The molecule has 0 bridgehead atoms. The average molecular weight is 323 g/mol. The van der Waals surface area contributed by atoms with E-state index >= 15 is 0 Å². The quantitative estimate of drug-likeness (QED) is 0.467. The lowest BCUT2D eigenvalue weighted by Crippen LogP contribution is -2.22. The zero-order valence-electron chi connectivity index (χ0n) is 9.57. The fourth-order valence-electron chi connectivity index (χ4n) is 1.03. The first-order valence-electron chi connectivity index (χ1n) is 4.98. The van der Waals surface area contributed by atoms with E-state index in [1.165, 1.54) is 18.2 Å². The minimum absolute atomic E-state index is 0.0268. The predicted octanol–water partition coefficient (Wildman–Crippen LogP) is 4.05. The van der Waals surface area contributed by atoms with Gasteiger partial charge < -0.3 is 4.74 Å². The summed E-state index contributed by atoms with van der Waals surface area (Å²) in [4.78, 5) is 10.1. The number of rotatable bonds is 5. The second-order valence-corrected chi connectivity index (χ2v) is 5.43. The Morgan fingerprint density at radius 1 is 1.53 bits per heavy atom. The normalized spacial score (nSPS) is 11.3. The molecular formula is C11H13BrClNO3. The van der Waals surface area contributed by atoms with Crippen LogP contribution in [0.4, 0.5) is 5.69 Å². The molecule has 0 spiro atoms. The van der Waals surface area contributed by atoms with Crippen LogP contribution in [0.15, 0.2) is 18.2 Å². The van der Waals surface area contributed by atoms with Crippen LogP contribution in [-0.2, 0) is 0 Å². The largest absolute Gasteiger partial charge is 0.491 e. The van der Waals surface area contributed by atoms with Crippen molar-refractivity contribution in [3.8, 4) is 5.75 Å². The van der Waals surface area contributed by atoms with E-state index in [-0.39, 0.29) is 11.1 Å². The van der Waals surface area contributed by atoms with Gasteiger partial charge in [-0.2, -0.15) is 0 Å². The molecule has 0 unspecified atom stereocenters. The first kappa shape index (κ1) is 14.3. The summed E-state index contributed by atoms with van der Waals surface area (Å²) < 4.78 is 5.52. The third-order valence-electron chi connectivity index (χ3n) is 2.11. The van der Waals surface area contributed by atoms with Crippen LogP contribution < -0.4 is 4.74 Å². The monoisotopic (exact) mass is 321 g/mol. The van der Waals surface area contributed by atoms with E-state index < -0.39 is 4.92 Å². The minimum atomic E-state index is -0.473. The molecule has 0 heterocycles. The summed E-state index contributed by atoms with van der Waals surface area (Å²) in [6, 6.07) is 4.16. The summed E-state index contributed by atoms with van der Waals surface area (Å²) in [5, 5.41) is 11.8. The van der Waals surface area contributed by atoms with Gasteiger partial charge in [0.2, 0.25) is 0 Å². The van der Waals surface area contributed by atoms with E-state index in [0.29, 0.717) is 17.4 Å². The highest BCUT2D eigenvalue weighted by Gasteiger charge is 2.19. The van der Waals surface area contributed by atoms with Crippen molar-refractivity contribution in [1.29, 1.82) is 0 Å². The Bertz CT molecular complexity index is 423. The van der Waals surface area contributed by atoms with Crippen molar-refractivity contribution in [2.24, 2.45) is 5.41 Å². The van der Waals surface area contributed by atoms with Crippen LogP contribution in [0.5, 0.6) is 5.75 Å². The van der Waals surface area contributed by atoms with Gasteiger partial charge in [-0.3, -0.25) is 10.1 Å². The van der Waals surface area contributed by atoms with E-state index in [0.717, 1.165) is 5.33 Å². The van der Waals surface area contributed by atoms with Crippen molar-refractivity contribution in [1.82, 2.24) is 0 Å². The lowest BCUT2D eigenvalue weighted by molar-refractivity contribution is -0.384. The summed E-state index contributed by atoms with van der Waals surface area (Å²) in [6.07, 6.45) is 0. The van der Waals surface area contributed by atoms with Gasteiger partial charge in [-0.05, 0) is 6.07 Å². The van der Waals surface area contributed by atoms with Gasteiger partial charge in [0, 0.05) is 16.8 Å². The fraction of sp³-hybridized carbons (Fsp3) is 0.455. The van der Waals surface area contributed by atoms with E-state index in [9.17, 15) is 10.1 Å². The predicted molar refractivity (Wildman–Crippen MR) is 71.2 cm³/mol. The third kappa shape index (κ3) is 4.16. The maximum absolute atomic E-state index is 10.6. The minimum Gasteiger partial charge on any atom is -0.491 e. The van der Waals surface area contributed by atoms with Crippen molar-refractivity contribution in [2.75, 3.05) is 11.9 Å². The van der Waals surface area contributed by atoms with Crippen molar-refractivity contribution in [3.05, 3.63) is 33.3 Å². The van der Waals surface area contributed by atoms with Crippen LogP contribution in [0.3, 0.4) is 0 Å². The lowest BCUT2D eigenvalue weighted by atomic mass is 9.98. The summed E-state index contributed by atoms with van der Waals surface area (Å²) >= 11 is 9.29. The van der Waals surface area contributed by atoms with E-state index in [2.05, 4.69) is 15.9 Å². The fourth-order valence-corrected chi connectivity index (χ4v) is 1.36. The molecule has 94 valence electrons. The lowest BCUT2D eigenvalue weighted by Gasteiger charge is -2.22. The standard InChI is InChI=1S/C11H13BrClNO3/c1-11(2,6-12)7-17-10-5-8(14(15)16)3-4-9(10)13/h3-5H,6-7H2,1-2H3. The molecule has 17 heavy (non-hydrogen) atoms. The van der Waals surface area contributed by atoms with Crippen LogP contribution in [0.1, 0.15) is 13.8 Å². The number of alkyl halides is 1. The Morgan fingerprint density at radius 2 is 2.18 bits per heavy atom. The van der Waals surface area contributed by atoms with Gasteiger partial charge in [-0.1, -0.05) is 41.4 Å². The highest BCUT2D eigenvalue weighted by molar-refractivity contribution is 9.09. The SMILES string of the molecule is CC(C)(CBr)COc1cc([N+](=O)[O-])ccc1Cl. The third-order valence-corrected chi connectivity index (χ3v) is 3.94. The second-order valence-electron chi connectivity index (χ2n) is 4.46. The summed E-state index contributed by atoms with van der Waals surface area (Å²) in [5.41, 5.74) is -0.0884. The van der Waals surface area contributed by atoms with Crippen molar-refractivity contribution in [3.63, 3.8) is 0 Å². The van der Waals surface area contributed by atoms with E-state index in [1.807, 2.05) is 13.8 Å². The highest BCUT2D eigenvalue weighted by Crippen LogP contribution is 2.30. The molecule has 6 heteroatoms. The molecular weight excluding hydrogens is 309 g/mol. The van der Waals surface area contributed by atoms with Gasteiger partial charge in [0.1, 0.15) is 5.75 Å². The average Bonchev–Trinajstić information content (AvgIpc) is 2.27. The van der Waals surface area contributed by atoms with E-state index in [1.54, 1.807) is 0 Å². The summed E-state index contributed by atoms with van der Waals surface area (Å²) in [5.74, 6) is 0.342. The number of non-ortho nitro benzene ring substituents is 1. The number of hydrogen-bond acceptors (Lipinski definition) is 3. The Labute approximate surface area is 113 Å². The van der Waals surface area contributed by atoms with Gasteiger partial charge in [-0.25, -0.2) is 0 Å². The Morgan fingerprint density at radius 3 is 2.71 bits per heavy atom. The maximum Gasteiger partial charge on any atom is 0.273 e. The van der Waals surface area contributed by atoms with Crippen molar-refractivity contribution < 1.29 is 9.66 Å². The number of hydrogen-bond donors (Lipinski definition) is 0. The van der Waals surface area contributed by atoms with Gasteiger partial charge in [0.25, 0.3) is 5.69 Å². The molecule has 0 fully saturated rings. The summed E-state index contributed by atoms with van der Waals surface area (Å²) in [7, 11) is 0. The zero-order chi connectivity index (χ0) is 13.1. The Balaban J connectivity index is 2.83. The molecule has 0 saturated carbocycles. The Kier molecular flexibility index (Phi) is 4.77. The molecule has 0 aliphatic heterocycles. The first-order valence-corrected chi connectivity index (χ1v) is 6.48.